The number of nitrogens with one attached hydrogen (secondary N) is 2. The maximum absolute atomic E-state index is 12.4. The van der Waals surface area contributed by atoms with Crippen LogP contribution in [0.25, 0.3) is 0 Å². The minimum Gasteiger partial charge on any atom is -0.352 e. The molecule has 3 rings (SSSR count). The van der Waals surface area contributed by atoms with Crippen LogP contribution in [0.15, 0.2) is 18.2 Å². The highest BCUT2D eigenvalue weighted by Crippen LogP contribution is 2.20. The van der Waals surface area contributed by atoms with Gasteiger partial charge in [-0.25, -0.2) is 8.42 Å². The molecule has 1 saturated heterocycles. The van der Waals surface area contributed by atoms with E-state index in [1.54, 1.807) is 0 Å². The molecule has 1 atom stereocenters. The second-order valence-corrected chi connectivity index (χ2v) is 8.08. The number of sulfone groups is 1. The fourth-order valence-corrected chi connectivity index (χ4v) is 4.97. The first-order chi connectivity index (χ1) is 10.1. The molecule has 1 amide bonds. The minimum absolute atomic E-state index is 0.0557. The normalized spacial score (nSPS) is 23.5. The molecule has 1 aromatic rings. The number of benzene rings is 1. The van der Waals surface area contributed by atoms with Gasteiger partial charge in [0.15, 0.2) is 9.84 Å². The molecule has 0 aromatic heterocycles. The minimum atomic E-state index is -2.88. The lowest BCUT2D eigenvalue weighted by Crippen LogP contribution is -2.32. The van der Waals surface area contributed by atoms with Crippen molar-refractivity contribution in [2.75, 3.05) is 24.6 Å². The summed E-state index contributed by atoms with van der Waals surface area (Å²) in [5.74, 6) is 0.419. The summed E-state index contributed by atoms with van der Waals surface area (Å²) in [5.41, 5.74) is 3.03. The number of amides is 1. The van der Waals surface area contributed by atoms with Gasteiger partial charge in [0.1, 0.15) is 0 Å². The molecule has 2 heterocycles. The Morgan fingerprint density at radius 3 is 3.00 bits per heavy atom. The van der Waals surface area contributed by atoms with Crippen molar-refractivity contribution in [2.45, 2.75) is 19.4 Å². The van der Waals surface area contributed by atoms with Crippen molar-refractivity contribution in [3.63, 3.8) is 0 Å². The summed E-state index contributed by atoms with van der Waals surface area (Å²) in [6, 6.07) is 5.80. The van der Waals surface area contributed by atoms with E-state index >= 15 is 0 Å². The van der Waals surface area contributed by atoms with E-state index in [-0.39, 0.29) is 23.3 Å². The van der Waals surface area contributed by atoms with Gasteiger partial charge in [-0.1, -0.05) is 12.1 Å². The summed E-state index contributed by atoms with van der Waals surface area (Å²) in [7, 11) is -2.88. The van der Waals surface area contributed by atoms with Gasteiger partial charge in [0.2, 0.25) is 0 Å². The third-order valence-corrected chi connectivity index (χ3v) is 6.10. The lowest BCUT2D eigenvalue weighted by molar-refractivity contribution is 0.0947. The van der Waals surface area contributed by atoms with E-state index in [1.165, 1.54) is 5.56 Å². The number of fused-ring (bicyclic) bond motifs is 1. The quantitative estimate of drug-likeness (QED) is 0.852. The molecule has 2 aliphatic heterocycles. The van der Waals surface area contributed by atoms with Gasteiger partial charge in [0.25, 0.3) is 5.91 Å². The zero-order valence-corrected chi connectivity index (χ0v) is 12.7. The fraction of sp³-hybridized carbons (Fsp3) is 0.533. The van der Waals surface area contributed by atoms with Gasteiger partial charge in [-0.2, -0.15) is 0 Å². The molecular weight excluding hydrogens is 288 g/mol. The van der Waals surface area contributed by atoms with Crippen molar-refractivity contribution >= 4 is 15.7 Å². The second-order valence-electron chi connectivity index (χ2n) is 5.85. The van der Waals surface area contributed by atoms with Crippen molar-refractivity contribution in [2.24, 2.45) is 5.92 Å². The first-order valence-corrected chi connectivity index (χ1v) is 9.17. The largest absolute Gasteiger partial charge is 0.352 e. The van der Waals surface area contributed by atoms with Crippen LogP contribution in [0.3, 0.4) is 0 Å². The topological polar surface area (TPSA) is 75.3 Å². The SMILES string of the molecule is O=C(NCC1CCS(=O)(=O)C1)c1cccc2c1CCNC2. The molecule has 2 N–H and O–H groups in total. The van der Waals surface area contributed by atoms with Gasteiger partial charge in [-0.05, 0) is 42.5 Å². The standard InChI is InChI=1S/C15H20N2O3S/c18-15(17-8-11-5-7-21(19,20)10-11)14-3-1-2-12-9-16-6-4-13(12)14/h1-3,11,16H,4-10H2,(H,17,18). The predicted octanol–water partition coefficient (Wildman–Crippen LogP) is 0.497. The number of carbonyl (C=O) groups is 1. The van der Waals surface area contributed by atoms with Crippen LogP contribution in [0.1, 0.15) is 27.9 Å². The molecule has 6 heteroatoms. The van der Waals surface area contributed by atoms with Crippen molar-refractivity contribution in [3.8, 4) is 0 Å². The Morgan fingerprint density at radius 2 is 2.24 bits per heavy atom. The molecule has 5 nitrogen and oxygen atoms in total. The molecule has 0 radical (unpaired) electrons. The molecular formula is C15H20N2O3S. The van der Waals surface area contributed by atoms with Crippen molar-refractivity contribution in [1.29, 1.82) is 0 Å². The zero-order chi connectivity index (χ0) is 14.9. The molecule has 0 saturated carbocycles. The van der Waals surface area contributed by atoms with E-state index < -0.39 is 9.84 Å². The summed E-state index contributed by atoms with van der Waals surface area (Å²) in [6.07, 6.45) is 1.51. The number of rotatable bonds is 3. The Morgan fingerprint density at radius 1 is 1.38 bits per heavy atom. The van der Waals surface area contributed by atoms with Gasteiger partial charge in [0.05, 0.1) is 11.5 Å². The lowest BCUT2D eigenvalue weighted by Gasteiger charge is -2.20. The van der Waals surface area contributed by atoms with Crippen LogP contribution in [0.4, 0.5) is 0 Å². The van der Waals surface area contributed by atoms with E-state index in [1.807, 2.05) is 18.2 Å². The predicted molar refractivity (Wildman–Crippen MR) is 80.9 cm³/mol. The van der Waals surface area contributed by atoms with E-state index in [2.05, 4.69) is 10.6 Å². The molecule has 1 aromatic carbocycles. The monoisotopic (exact) mass is 308 g/mol. The van der Waals surface area contributed by atoms with Crippen LogP contribution in [0, 0.1) is 5.92 Å². The van der Waals surface area contributed by atoms with E-state index in [0.717, 1.165) is 30.6 Å². The Kier molecular flexibility index (Phi) is 3.99. The maximum atomic E-state index is 12.4. The number of hydrogen-bond acceptors (Lipinski definition) is 4. The first kappa shape index (κ1) is 14.5. The van der Waals surface area contributed by atoms with Crippen LogP contribution >= 0.6 is 0 Å². The third kappa shape index (κ3) is 3.27. The second kappa shape index (κ2) is 5.77. The molecule has 0 aliphatic carbocycles. The molecule has 1 fully saturated rings. The van der Waals surface area contributed by atoms with Crippen molar-refractivity contribution in [3.05, 3.63) is 34.9 Å². The van der Waals surface area contributed by atoms with Crippen molar-refractivity contribution in [1.82, 2.24) is 10.6 Å². The number of carbonyl (C=O) groups excluding carboxylic acids is 1. The average molecular weight is 308 g/mol. The Balaban J connectivity index is 1.66. The highest BCUT2D eigenvalue weighted by molar-refractivity contribution is 7.91. The third-order valence-electron chi connectivity index (χ3n) is 4.26. The summed E-state index contributed by atoms with van der Waals surface area (Å²) < 4.78 is 22.9. The van der Waals surface area contributed by atoms with Crippen molar-refractivity contribution < 1.29 is 13.2 Å². The summed E-state index contributed by atoms with van der Waals surface area (Å²) in [4.78, 5) is 12.4. The highest BCUT2D eigenvalue weighted by Gasteiger charge is 2.28. The zero-order valence-electron chi connectivity index (χ0n) is 11.9. The van der Waals surface area contributed by atoms with Crippen LogP contribution in [-0.4, -0.2) is 38.9 Å². The number of hydrogen-bond donors (Lipinski definition) is 2. The van der Waals surface area contributed by atoms with Gasteiger partial charge in [0, 0.05) is 18.7 Å². The molecule has 2 aliphatic rings. The van der Waals surface area contributed by atoms with Crippen LogP contribution in [0.2, 0.25) is 0 Å². The lowest BCUT2D eigenvalue weighted by atomic mass is 9.95. The van der Waals surface area contributed by atoms with E-state index in [4.69, 9.17) is 0 Å². The van der Waals surface area contributed by atoms with Gasteiger partial charge in [-0.3, -0.25) is 4.79 Å². The van der Waals surface area contributed by atoms with Gasteiger partial charge >= 0.3 is 0 Å². The summed E-state index contributed by atoms with van der Waals surface area (Å²) in [5, 5.41) is 6.20. The van der Waals surface area contributed by atoms with Crippen LogP contribution < -0.4 is 10.6 Å². The average Bonchev–Trinajstić information content (AvgIpc) is 2.83. The molecule has 1 unspecified atom stereocenters. The highest BCUT2D eigenvalue weighted by atomic mass is 32.2. The Labute approximate surface area is 125 Å². The summed E-state index contributed by atoms with van der Waals surface area (Å²) in [6.45, 7) is 2.13. The Bertz CT molecular complexity index is 655. The van der Waals surface area contributed by atoms with Crippen LogP contribution in [0.5, 0.6) is 0 Å². The maximum Gasteiger partial charge on any atom is 0.251 e. The smallest absolute Gasteiger partial charge is 0.251 e. The molecule has 21 heavy (non-hydrogen) atoms. The van der Waals surface area contributed by atoms with Gasteiger partial charge in [-0.15, -0.1) is 0 Å². The molecule has 0 bridgehead atoms. The summed E-state index contributed by atoms with van der Waals surface area (Å²) >= 11 is 0. The van der Waals surface area contributed by atoms with E-state index in [9.17, 15) is 13.2 Å². The van der Waals surface area contributed by atoms with E-state index in [0.29, 0.717) is 13.0 Å². The molecule has 114 valence electrons. The molecule has 0 spiro atoms. The fourth-order valence-electron chi connectivity index (χ4n) is 3.11. The van der Waals surface area contributed by atoms with Gasteiger partial charge < -0.3 is 10.6 Å². The Hall–Kier alpha value is -1.40. The van der Waals surface area contributed by atoms with Crippen LogP contribution in [-0.2, 0) is 22.8 Å². The first-order valence-electron chi connectivity index (χ1n) is 7.35.